The van der Waals surface area contributed by atoms with E-state index in [9.17, 15) is 14.4 Å². The monoisotopic (exact) mass is 454 g/mol. The first-order valence-electron chi connectivity index (χ1n) is 10.2. The van der Waals surface area contributed by atoms with Gasteiger partial charge in [0, 0.05) is 57.0 Å². The summed E-state index contributed by atoms with van der Waals surface area (Å²) in [5.74, 6) is 0.455. The van der Waals surface area contributed by atoms with E-state index in [1.54, 1.807) is 16.7 Å². The highest BCUT2D eigenvalue weighted by molar-refractivity contribution is 8.13. The van der Waals surface area contributed by atoms with Gasteiger partial charge in [0.15, 0.2) is 5.12 Å². The maximum atomic E-state index is 12.9. The Morgan fingerprint density at radius 3 is 2.37 bits per heavy atom. The van der Waals surface area contributed by atoms with Gasteiger partial charge in [-0.05, 0) is 38.1 Å². The van der Waals surface area contributed by atoms with Crippen LogP contribution in [0.25, 0.3) is 0 Å². The van der Waals surface area contributed by atoms with Gasteiger partial charge in [-0.1, -0.05) is 35.5 Å². The summed E-state index contributed by atoms with van der Waals surface area (Å²) >= 11 is 7.13. The van der Waals surface area contributed by atoms with Gasteiger partial charge in [0.25, 0.3) is 0 Å². The standard InChI is InChI=1S/C21H31ClN4O3S/c1-16(20(28)25-12-10-24(3)11-13-25)23-21(29)26(14-15-30-17(2)27)9-8-18-4-6-19(22)7-5-18/h4-7,16H,8-15H2,1-3H3,(H,23,29)/t16-/m0/s1. The molecule has 1 heterocycles. The predicted molar refractivity (Wildman–Crippen MR) is 122 cm³/mol. The third-order valence-corrected chi connectivity index (χ3v) is 6.11. The van der Waals surface area contributed by atoms with Crippen LogP contribution in [-0.4, -0.2) is 89.9 Å². The van der Waals surface area contributed by atoms with E-state index in [2.05, 4.69) is 10.2 Å². The van der Waals surface area contributed by atoms with E-state index in [0.717, 1.165) is 18.7 Å². The van der Waals surface area contributed by atoms with Gasteiger partial charge >= 0.3 is 6.03 Å². The normalized spacial score (nSPS) is 15.5. The molecule has 0 radical (unpaired) electrons. The Kier molecular flexibility index (Phi) is 9.94. The molecular formula is C21H31ClN4O3S. The van der Waals surface area contributed by atoms with E-state index in [1.807, 2.05) is 31.3 Å². The Morgan fingerprint density at radius 2 is 1.77 bits per heavy atom. The van der Waals surface area contributed by atoms with E-state index in [-0.39, 0.29) is 17.1 Å². The van der Waals surface area contributed by atoms with E-state index in [4.69, 9.17) is 11.6 Å². The number of carbonyl (C=O) groups excluding carboxylic acids is 3. The number of nitrogens with zero attached hydrogens (tertiary/aromatic N) is 3. The summed E-state index contributed by atoms with van der Waals surface area (Å²) < 4.78 is 0. The van der Waals surface area contributed by atoms with E-state index >= 15 is 0 Å². The summed E-state index contributed by atoms with van der Waals surface area (Å²) in [5.41, 5.74) is 1.07. The first kappa shape index (κ1) is 24.5. The molecule has 7 nitrogen and oxygen atoms in total. The number of urea groups is 1. The maximum absolute atomic E-state index is 12.9. The zero-order valence-electron chi connectivity index (χ0n) is 17.9. The second-order valence-electron chi connectivity index (χ2n) is 7.50. The van der Waals surface area contributed by atoms with Crippen molar-refractivity contribution < 1.29 is 14.4 Å². The molecule has 9 heteroatoms. The average molecular weight is 455 g/mol. The van der Waals surface area contributed by atoms with Crippen molar-refractivity contribution in [2.45, 2.75) is 26.3 Å². The molecular weight excluding hydrogens is 424 g/mol. The lowest BCUT2D eigenvalue weighted by Crippen LogP contribution is -2.55. The quantitative estimate of drug-likeness (QED) is 0.652. The van der Waals surface area contributed by atoms with Crippen LogP contribution in [0.4, 0.5) is 4.79 Å². The second-order valence-corrected chi connectivity index (χ2v) is 9.21. The number of carbonyl (C=O) groups is 3. The molecule has 1 aliphatic heterocycles. The van der Waals surface area contributed by atoms with Crippen LogP contribution < -0.4 is 5.32 Å². The molecule has 0 saturated carbocycles. The summed E-state index contributed by atoms with van der Waals surface area (Å²) in [6.07, 6.45) is 0.663. The number of hydrogen-bond acceptors (Lipinski definition) is 5. The van der Waals surface area contributed by atoms with Gasteiger partial charge in [0.1, 0.15) is 6.04 Å². The second kappa shape index (κ2) is 12.2. The highest BCUT2D eigenvalue weighted by Gasteiger charge is 2.26. The van der Waals surface area contributed by atoms with E-state index in [1.165, 1.54) is 18.7 Å². The van der Waals surface area contributed by atoms with Gasteiger partial charge in [-0.15, -0.1) is 0 Å². The third-order valence-electron chi connectivity index (χ3n) is 5.06. The Labute approximate surface area is 188 Å². The fraction of sp³-hybridized carbons (Fsp3) is 0.571. The van der Waals surface area contributed by atoms with E-state index in [0.29, 0.717) is 43.4 Å². The molecule has 3 amide bonds. The Balaban J connectivity index is 1.93. The first-order valence-corrected chi connectivity index (χ1v) is 11.5. The molecule has 0 aromatic heterocycles. The smallest absolute Gasteiger partial charge is 0.318 e. The third kappa shape index (κ3) is 8.16. The summed E-state index contributed by atoms with van der Waals surface area (Å²) in [5, 5.41) is 3.53. The van der Waals surface area contributed by atoms with Crippen LogP contribution >= 0.6 is 23.4 Å². The molecule has 1 aliphatic rings. The molecule has 2 rings (SSSR count). The number of halogens is 1. The molecule has 166 valence electrons. The van der Waals surface area contributed by atoms with Crippen LogP contribution in [0.15, 0.2) is 24.3 Å². The number of nitrogens with one attached hydrogen (secondary N) is 1. The Bertz CT molecular complexity index is 723. The van der Waals surface area contributed by atoms with Crippen molar-refractivity contribution in [3.8, 4) is 0 Å². The number of benzene rings is 1. The van der Waals surface area contributed by atoms with Gasteiger partial charge in [-0.25, -0.2) is 4.79 Å². The first-order chi connectivity index (χ1) is 14.3. The number of likely N-dealkylation sites (N-methyl/N-ethyl adjacent to an activating group) is 1. The molecule has 1 saturated heterocycles. The number of hydrogen-bond donors (Lipinski definition) is 1. The highest BCUT2D eigenvalue weighted by Crippen LogP contribution is 2.11. The van der Waals surface area contributed by atoms with Crippen LogP contribution in [0.5, 0.6) is 0 Å². The van der Waals surface area contributed by atoms with Gasteiger partial charge in [-0.3, -0.25) is 9.59 Å². The Morgan fingerprint density at radius 1 is 1.13 bits per heavy atom. The van der Waals surface area contributed by atoms with Gasteiger partial charge in [0.2, 0.25) is 5.91 Å². The lowest BCUT2D eigenvalue weighted by molar-refractivity contribution is -0.134. The van der Waals surface area contributed by atoms with Gasteiger partial charge in [0.05, 0.1) is 0 Å². The van der Waals surface area contributed by atoms with Crippen molar-refractivity contribution in [3.63, 3.8) is 0 Å². The van der Waals surface area contributed by atoms with Crippen LogP contribution in [0.1, 0.15) is 19.4 Å². The number of amides is 3. The van der Waals surface area contributed by atoms with Crippen molar-refractivity contribution in [2.24, 2.45) is 0 Å². The minimum absolute atomic E-state index is 0.0201. The van der Waals surface area contributed by atoms with Crippen molar-refractivity contribution in [1.82, 2.24) is 20.0 Å². The number of piperazine rings is 1. The SMILES string of the molecule is CC(=O)SCCN(CCc1ccc(Cl)cc1)C(=O)N[C@@H](C)C(=O)N1CCN(C)CC1. The molecule has 0 unspecified atom stereocenters. The summed E-state index contributed by atoms with van der Waals surface area (Å²) in [6.45, 7) is 7.17. The highest BCUT2D eigenvalue weighted by atomic mass is 35.5. The molecule has 1 aromatic carbocycles. The largest absolute Gasteiger partial charge is 0.338 e. The van der Waals surface area contributed by atoms with E-state index < -0.39 is 6.04 Å². The van der Waals surface area contributed by atoms with Gasteiger partial charge < -0.3 is 20.0 Å². The Hall–Kier alpha value is -1.77. The average Bonchev–Trinajstić information content (AvgIpc) is 2.71. The lowest BCUT2D eigenvalue weighted by atomic mass is 10.1. The van der Waals surface area contributed by atoms with Gasteiger partial charge in [-0.2, -0.15) is 0 Å². The molecule has 30 heavy (non-hydrogen) atoms. The zero-order valence-corrected chi connectivity index (χ0v) is 19.5. The summed E-state index contributed by atoms with van der Waals surface area (Å²) in [6, 6.07) is 6.63. The van der Waals surface area contributed by atoms with Crippen LogP contribution in [-0.2, 0) is 16.0 Å². The van der Waals surface area contributed by atoms with Crippen molar-refractivity contribution in [3.05, 3.63) is 34.9 Å². The molecule has 1 fully saturated rings. The zero-order chi connectivity index (χ0) is 22.1. The molecule has 1 atom stereocenters. The minimum atomic E-state index is -0.598. The molecule has 0 bridgehead atoms. The predicted octanol–water partition coefficient (Wildman–Crippen LogP) is 2.34. The summed E-state index contributed by atoms with van der Waals surface area (Å²) in [7, 11) is 2.03. The fourth-order valence-corrected chi connectivity index (χ4v) is 3.89. The molecule has 1 N–H and O–H groups in total. The summed E-state index contributed by atoms with van der Waals surface area (Å²) in [4.78, 5) is 42.4. The molecule has 1 aromatic rings. The molecule has 0 spiro atoms. The molecule has 0 aliphatic carbocycles. The van der Waals surface area contributed by atoms with Crippen molar-refractivity contribution in [1.29, 1.82) is 0 Å². The van der Waals surface area contributed by atoms with Crippen LogP contribution in [0.3, 0.4) is 0 Å². The topological polar surface area (TPSA) is 73.0 Å². The van der Waals surface area contributed by atoms with Crippen LogP contribution in [0.2, 0.25) is 5.02 Å². The number of rotatable bonds is 8. The maximum Gasteiger partial charge on any atom is 0.318 e. The van der Waals surface area contributed by atoms with Crippen molar-refractivity contribution >= 4 is 40.4 Å². The van der Waals surface area contributed by atoms with Crippen molar-refractivity contribution in [2.75, 3.05) is 52.1 Å². The number of thioether (sulfide) groups is 1. The minimum Gasteiger partial charge on any atom is -0.338 e. The van der Waals surface area contributed by atoms with Crippen LogP contribution in [0, 0.1) is 0 Å². The lowest BCUT2D eigenvalue weighted by Gasteiger charge is -2.34. The fourth-order valence-electron chi connectivity index (χ4n) is 3.17.